The van der Waals surface area contributed by atoms with E-state index < -0.39 is 22.5 Å². The maximum atomic E-state index is 13.7. The van der Waals surface area contributed by atoms with Crippen molar-refractivity contribution >= 4 is 44.7 Å². The predicted molar refractivity (Wildman–Crippen MR) is 135 cm³/mol. The van der Waals surface area contributed by atoms with E-state index in [0.29, 0.717) is 15.8 Å². The molecule has 36 heavy (non-hydrogen) atoms. The second-order valence-corrected chi connectivity index (χ2v) is 8.77. The highest BCUT2D eigenvalue weighted by atomic mass is 32.1. The van der Waals surface area contributed by atoms with Crippen molar-refractivity contribution in [3.05, 3.63) is 123 Å². The third kappa shape index (κ3) is 5.03. The zero-order valence-corrected chi connectivity index (χ0v) is 19.4. The van der Waals surface area contributed by atoms with Gasteiger partial charge in [-0.1, -0.05) is 53.8 Å². The van der Waals surface area contributed by atoms with Crippen LogP contribution in [0.15, 0.2) is 94.4 Å². The average Bonchev–Trinajstić information content (AvgIpc) is 3.52. The number of nitro groups is 1. The molecule has 1 amide bonds. The maximum Gasteiger partial charge on any atom is 0.433 e. The molecule has 10 heteroatoms. The van der Waals surface area contributed by atoms with Crippen LogP contribution in [0.4, 0.5) is 15.4 Å². The SMILES string of the molecule is O=C(c1ccc(Cc2ccccc2)cc1)N(/N=C/c1ccc([N+](=O)[O-])o1)c1nc2ccc(F)cc2s1. The minimum Gasteiger partial charge on any atom is -0.400 e. The third-order valence-corrected chi connectivity index (χ3v) is 6.25. The average molecular weight is 501 g/mol. The zero-order valence-electron chi connectivity index (χ0n) is 18.6. The molecule has 0 aliphatic heterocycles. The van der Waals surface area contributed by atoms with Crippen molar-refractivity contribution in [2.75, 3.05) is 5.01 Å². The van der Waals surface area contributed by atoms with E-state index in [1.54, 1.807) is 12.1 Å². The number of benzene rings is 3. The molecule has 8 nitrogen and oxygen atoms in total. The summed E-state index contributed by atoms with van der Waals surface area (Å²) in [6, 6.07) is 23.8. The molecule has 0 aliphatic carbocycles. The molecular weight excluding hydrogens is 483 g/mol. The largest absolute Gasteiger partial charge is 0.433 e. The summed E-state index contributed by atoms with van der Waals surface area (Å²) in [5.74, 6) is -1.25. The first-order valence-electron chi connectivity index (χ1n) is 10.8. The Morgan fingerprint density at radius 2 is 1.81 bits per heavy atom. The number of hydrazone groups is 1. The van der Waals surface area contributed by atoms with Gasteiger partial charge < -0.3 is 4.42 Å². The number of furan rings is 1. The lowest BCUT2D eigenvalue weighted by Crippen LogP contribution is -2.25. The highest BCUT2D eigenvalue weighted by Crippen LogP contribution is 2.31. The number of thiazole rings is 1. The van der Waals surface area contributed by atoms with Crippen LogP contribution in [0.3, 0.4) is 0 Å². The van der Waals surface area contributed by atoms with Crippen molar-refractivity contribution in [1.29, 1.82) is 0 Å². The number of aromatic nitrogens is 1. The Kier molecular flexibility index (Phi) is 6.33. The molecule has 5 rings (SSSR count). The molecule has 0 spiro atoms. The molecule has 3 aromatic carbocycles. The van der Waals surface area contributed by atoms with Gasteiger partial charge in [-0.25, -0.2) is 9.37 Å². The summed E-state index contributed by atoms with van der Waals surface area (Å²) in [5.41, 5.74) is 3.05. The van der Waals surface area contributed by atoms with Crippen LogP contribution in [0.2, 0.25) is 0 Å². The second-order valence-electron chi connectivity index (χ2n) is 7.76. The molecule has 0 unspecified atom stereocenters. The molecule has 2 heterocycles. The smallest absolute Gasteiger partial charge is 0.400 e. The van der Waals surface area contributed by atoms with Crippen molar-refractivity contribution < 1.29 is 18.5 Å². The highest BCUT2D eigenvalue weighted by Gasteiger charge is 2.22. The molecule has 0 saturated carbocycles. The monoisotopic (exact) mass is 500 g/mol. The molecule has 0 aliphatic rings. The summed E-state index contributed by atoms with van der Waals surface area (Å²) >= 11 is 1.09. The van der Waals surface area contributed by atoms with E-state index in [0.717, 1.165) is 33.9 Å². The lowest BCUT2D eigenvalue weighted by Gasteiger charge is -2.14. The minimum atomic E-state index is -0.667. The first kappa shape index (κ1) is 23.1. The fourth-order valence-electron chi connectivity index (χ4n) is 3.51. The summed E-state index contributed by atoms with van der Waals surface area (Å²) in [4.78, 5) is 28.1. The van der Waals surface area contributed by atoms with Crippen LogP contribution in [0.1, 0.15) is 27.2 Å². The molecule has 0 fully saturated rings. The molecule has 0 saturated heterocycles. The van der Waals surface area contributed by atoms with Gasteiger partial charge in [-0.05, 0) is 53.9 Å². The van der Waals surface area contributed by atoms with Crippen molar-refractivity contribution in [2.24, 2.45) is 5.10 Å². The maximum absolute atomic E-state index is 13.7. The van der Waals surface area contributed by atoms with Crippen LogP contribution in [0, 0.1) is 15.9 Å². The first-order valence-corrected chi connectivity index (χ1v) is 11.6. The number of hydrogen-bond acceptors (Lipinski definition) is 7. The Balaban J connectivity index is 1.46. The predicted octanol–water partition coefficient (Wildman–Crippen LogP) is 6.21. The van der Waals surface area contributed by atoms with E-state index in [1.807, 2.05) is 42.5 Å². The lowest BCUT2D eigenvalue weighted by molar-refractivity contribution is -0.402. The summed E-state index contributed by atoms with van der Waals surface area (Å²) in [6.45, 7) is 0. The number of nitrogens with zero attached hydrogens (tertiary/aromatic N) is 4. The topological polar surface area (TPSA) is 102 Å². The summed E-state index contributed by atoms with van der Waals surface area (Å²) < 4.78 is 19.4. The van der Waals surface area contributed by atoms with Gasteiger partial charge in [0.25, 0.3) is 5.91 Å². The van der Waals surface area contributed by atoms with Crippen molar-refractivity contribution in [3.8, 4) is 0 Å². The Morgan fingerprint density at radius 3 is 2.53 bits per heavy atom. The van der Waals surface area contributed by atoms with Crippen LogP contribution < -0.4 is 5.01 Å². The Labute approximate surface area is 208 Å². The van der Waals surface area contributed by atoms with Gasteiger partial charge in [0, 0.05) is 5.56 Å². The highest BCUT2D eigenvalue weighted by molar-refractivity contribution is 7.22. The molecule has 178 valence electrons. The first-order chi connectivity index (χ1) is 17.5. The number of carbonyl (C=O) groups excluding carboxylic acids is 1. The number of fused-ring (bicyclic) bond motifs is 1. The van der Waals surface area contributed by atoms with Crippen molar-refractivity contribution in [1.82, 2.24) is 4.98 Å². The van der Waals surface area contributed by atoms with Crippen LogP contribution in [0.5, 0.6) is 0 Å². The van der Waals surface area contributed by atoms with Gasteiger partial charge in [0.05, 0.1) is 22.5 Å². The summed E-state index contributed by atoms with van der Waals surface area (Å²) in [7, 11) is 0. The number of halogens is 1. The standard InChI is InChI=1S/C26H17FN4O4S/c27-20-10-12-22-23(15-20)36-26(29-22)30(28-16-21-11-13-24(35-21)31(33)34)25(32)19-8-6-18(7-9-19)14-17-4-2-1-3-5-17/h1-13,15-16H,14H2/b28-16+. The molecule has 5 aromatic rings. The van der Waals surface area contributed by atoms with Gasteiger partial charge in [0.1, 0.15) is 10.7 Å². The molecule has 0 N–H and O–H groups in total. The van der Waals surface area contributed by atoms with Crippen LogP contribution in [-0.2, 0) is 6.42 Å². The summed E-state index contributed by atoms with van der Waals surface area (Å²) in [6.07, 6.45) is 1.92. The molecular formula is C26H17FN4O4S. The van der Waals surface area contributed by atoms with Crippen molar-refractivity contribution in [3.63, 3.8) is 0 Å². The number of hydrogen-bond donors (Lipinski definition) is 0. The van der Waals surface area contributed by atoms with Gasteiger partial charge in [0.2, 0.25) is 5.13 Å². The van der Waals surface area contributed by atoms with Gasteiger partial charge in [-0.15, -0.1) is 0 Å². The van der Waals surface area contributed by atoms with E-state index in [9.17, 15) is 19.3 Å². The van der Waals surface area contributed by atoms with Gasteiger partial charge >= 0.3 is 5.88 Å². The number of anilines is 1. The van der Waals surface area contributed by atoms with E-state index in [1.165, 1.54) is 36.5 Å². The van der Waals surface area contributed by atoms with Crippen molar-refractivity contribution in [2.45, 2.75) is 6.42 Å². The quantitative estimate of drug-likeness (QED) is 0.150. The van der Waals surface area contributed by atoms with Crippen LogP contribution in [-0.4, -0.2) is 22.0 Å². The fraction of sp³-hybridized carbons (Fsp3) is 0.0385. The Hall–Kier alpha value is -4.70. The molecule has 2 aromatic heterocycles. The Morgan fingerprint density at radius 1 is 1.06 bits per heavy atom. The van der Waals surface area contributed by atoms with Gasteiger partial charge in [0.15, 0.2) is 5.76 Å². The second kappa shape index (κ2) is 9.88. The minimum absolute atomic E-state index is 0.0878. The van der Waals surface area contributed by atoms with Crippen LogP contribution >= 0.6 is 11.3 Å². The Bertz CT molecular complexity index is 1580. The zero-order chi connectivity index (χ0) is 25.1. The van der Waals surface area contributed by atoms with Crippen LogP contribution in [0.25, 0.3) is 10.2 Å². The number of amides is 1. The van der Waals surface area contributed by atoms with E-state index in [4.69, 9.17) is 4.42 Å². The molecule has 0 bridgehead atoms. The van der Waals surface area contributed by atoms with E-state index in [-0.39, 0.29) is 10.9 Å². The van der Waals surface area contributed by atoms with Gasteiger partial charge in [-0.3, -0.25) is 14.9 Å². The molecule has 0 atom stereocenters. The number of carbonyl (C=O) groups is 1. The van der Waals surface area contributed by atoms with Gasteiger partial charge in [-0.2, -0.15) is 10.1 Å². The van der Waals surface area contributed by atoms with E-state index >= 15 is 0 Å². The van der Waals surface area contributed by atoms with E-state index in [2.05, 4.69) is 10.1 Å². The normalized spacial score (nSPS) is 11.2. The number of rotatable bonds is 7. The lowest BCUT2D eigenvalue weighted by atomic mass is 10.0. The molecule has 0 radical (unpaired) electrons. The fourth-order valence-corrected chi connectivity index (χ4v) is 4.46. The third-order valence-electron chi connectivity index (χ3n) is 5.26. The summed E-state index contributed by atoms with van der Waals surface area (Å²) in [5, 5.41) is 16.4.